The van der Waals surface area contributed by atoms with Crippen LogP contribution < -0.4 is 5.11 Å². The molecule has 0 N–H and O–H groups in total. The van der Waals surface area contributed by atoms with Gasteiger partial charge in [0.2, 0.25) is 0 Å². The monoisotopic (exact) mass is 163 g/mol. The third kappa shape index (κ3) is 7.78. The fourth-order valence-electron chi connectivity index (χ4n) is 0.403. The van der Waals surface area contributed by atoms with E-state index in [0.717, 1.165) is 22.8 Å². The van der Waals surface area contributed by atoms with E-state index in [9.17, 15) is 9.90 Å². The molecule has 0 aliphatic carbocycles. The zero-order chi connectivity index (χ0) is 8.20. The van der Waals surface area contributed by atoms with Crippen LogP contribution in [0, 0.1) is 0 Å². The molecule has 0 aliphatic rings. The molecule has 4 heteroatoms. The number of carboxylic acid groups (broad SMARTS) is 1. The maximum absolute atomic E-state index is 9.93. The fourth-order valence-corrected chi connectivity index (χ4v) is 1.21. The molecule has 0 rings (SSSR count). The summed E-state index contributed by atoms with van der Waals surface area (Å²) in [5.41, 5.74) is 0. The van der Waals surface area contributed by atoms with Gasteiger partial charge in [-0.2, -0.15) is 0 Å². The van der Waals surface area contributed by atoms with Gasteiger partial charge in [0.25, 0.3) is 0 Å². The van der Waals surface area contributed by atoms with E-state index in [1.807, 2.05) is 21.1 Å². The summed E-state index contributed by atoms with van der Waals surface area (Å²) < 4.78 is 0.792. The van der Waals surface area contributed by atoms with E-state index in [-0.39, 0.29) is 0 Å². The van der Waals surface area contributed by atoms with Crippen LogP contribution in [-0.2, 0) is 0 Å². The first kappa shape index (κ1) is 9.78. The van der Waals surface area contributed by atoms with Crippen LogP contribution in [-0.4, -0.2) is 43.2 Å². The molecule has 10 heavy (non-hydrogen) atoms. The van der Waals surface area contributed by atoms with Crippen LogP contribution in [0.25, 0.3) is 0 Å². The number of carbonyl (C=O) groups excluding carboxylic acids is 1. The largest absolute Gasteiger partial charge is 0.538 e. The second-order valence-electron chi connectivity index (χ2n) is 3.11. The van der Waals surface area contributed by atoms with Crippen molar-refractivity contribution in [1.82, 2.24) is 0 Å². The lowest BCUT2D eigenvalue weighted by Crippen LogP contribution is -2.37. The van der Waals surface area contributed by atoms with Gasteiger partial charge in [0.05, 0.1) is 33.0 Å². The van der Waals surface area contributed by atoms with Crippen molar-refractivity contribution in [1.29, 1.82) is 0 Å². The zero-order valence-corrected chi connectivity index (χ0v) is 7.40. The molecule has 3 nitrogen and oxygen atoms in total. The second kappa shape index (κ2) is 3.83. The van der Waals surface area contributed by atoms with Gasteiger partial charge in [0.15, 0.2) is 0 Å². The van der Waals surface area contributed by atoms with E-state index in [0.29, 0.717) is 5.75 Å². The number of hydrogen-bond acceptors (Lipinski definition) is 3. The average Bonchev–Trinajstić information content (AvgIpc) is 1.59. The van der Waals surface area contributed by atoms with Gasteiger partial charge >= 0.3 is 0 Å². The summed E-state index contributed by atoms with van der Waals surface area (Å²) in [6.45, 7) is 0.846. The summed E-state index contributed by atoms with van der Waals surface area (Å²) in [7, 11) is 6.07. The highest BCUT2D eigenvalue weighted by Crippen LogP contribution is 2.00. The fraction of sp³-hybridized carbons (Fsp3) is 0.833. The Morgan fingerprint density at radius 3 is 2.30 bits per heavy atom. The van der Waals surface area contributed by atoms with Gasteiger partial charge < -0.3 is 14.4 Å². The molecule has 0 heterocycles. The minimum absolute atomic E-state index is 0.617. The van der Waals surface area contributed by atoms with Gasteiger partial charge in [-0.05, 0) is 0 Å². The minimum Gasteiger partial charge on any atom is -0.538 e. The summed E-state index contributed by atoms with van der Waals surface area (Å²) in [6.07, 6.45) is 0. The van der Waals surface area contributed by atoms with Gasteiger partial charge in [-0.1, -0.05) is 0 Å². The van der Waals surface area contributed by atoms with Crippen molar-refractivity contribution in [3.63, 3.8) is 0 Å². The SMILES string of the molecule is C[N+](C)(C)CCSC(=O)[O-]. The number of nitrogens with zero attached hydrogens (tertiary/aromatic N) is 1. The smallest absolute Gasteiger partial charge is 0.0982 e. The van der Waals surface area contributed by atoms with Crippen molar-refractivity contribution in [3.8, 4) is 0 Å². The lowest BCUT2D eigenvalue weighted by atomic mass is 10.6. The van der Waals surface area contributed by atoms with Gasteiger partial charge in [-0.25, -0.2) is 0 Å². The molecule has 0 saturated carbocycles. The topological polar surface area (TPSA) is 40.1 Å². The van der Waals surface area contributed by atoms with Crippen molar-refractivity contribution in [3.05, 3.63) is 0 Å². The lowest BCUT2D eigenvalue weighted by Gasteiger charge is -2.23. The Balaban J connectivity index is 3.29. The van der Waals surface area contributed by atoms with Crippen LogP contribution in [0.15, 0.2) is 0 Å². The number of quaternary nitrogens is 1. The Kier molecular flexibility index (Phi) is 3.75. The molecule has 0 spiro atoms. The van der Waals surface area contributed by atoms with E-state index < -0.39 is 5.30 Å². The van der Waals surface area contributed by atoms with Gasteiger partial charge in [0, 0.05) is 5.75 Å². The molecule has 0 saturated heterocycles. The summed E-state index contributed by atoms with van der Waals surface area (Å²) in [5, 5.41) is 8.90. The van der Waals surface area contributed by atoms with Crippen molar-refractivity contribution >= 4 is 17.1 Å². The number of carbonyl (C=O) groups is 1. The van der Waals surface area contributed by atoms with Crippen LogP contribution in [0.3, 0.4) is 0 Å². The molecule has 0 aromatic rings. The number of hydrogen-bond donors (Lipinski definition) is 0. The number of thioether (sulfide) groups is 1. The van der Waals surface area contributed by atoms with Gasteiger partial charge in [0.1, 0.15) is 0 Å². The zero-order valence-electron chi connectivity index (χ0n) is 6.59. The summed E-state index contributed by atoms with van der Waals surface area (Å²) in [4.78, 5) is 9.93. The summed E-state index contributed by atoms with van der Waals surface area (Å²) >= 11 is 0.848. The Labute approximate surface area is 65.6 Å². The van der Waals surface area contributed by atoms with Crippen molar-refractivity contribution in [2.75, 3.05) is 33.4 Å². The quantitative estimate of drug-likeness (QED) is 0.539. The summed E-state index contributed by atoms with van der Waals surface area (Å²) in [5.74, 6) is 0.617. The summed E-state index contributed by atoms with van der Waals surface area (Å²) in [6, 6.07) is 0. The maximum Gasteiger partial charge on any atom is 0.0982 e. The molecule has 0 aromatic heterocycles. The Hall–Kier alpha value is -0.220. The van der Waals surface area contributed by atoms with E-state index in [2.05, 4.69) is 0 Å². The van der Waals surface area contributed by atoms with Crippen molar-refractivity contribution < 1.29 is 14.4 Å². The standard InChI is InChI=1S/C6H13NO2S/c1-7(2,3)4-5-10-6(8)9/h4-5H2,1-3H3. The number of rotatable bonds is 3. The van der Waals surface area contributed by atoms with Crippen LogP contribution in [0.5, 0.6) is 0 Å². The molecule has 0 aromatic carbocycles. The van der Waals surface area contributed by atoms with Gasteiger partial charge in [-0.3, -0.25) is 0 Å². The first-order chi connectivity index (χ1) is 4.42. The highest BCUT2D eigenvalue weighted by Gasteiger charge is 2.05. The first-order valence-electron chi connectivity index (χ1n) is 3.06. The molecule has 60 valence electrons. The highest BCUT2D eigenvalue weighted by atomic mass is 32.2. The lowest BCUT2D eigenvalue weighted by molar-refractivity contribution is -0.867. The van der Waals surface area contributed by atoms with E-state index in [4.69, 9.17) is 0 Å². The Morgan fingerprint density at radius 2 is 2.00 bits per heavy atom. The molecule has 0 radical (unpaired) electrons. The predicted molar refractivity (Wildman–Crippen MR) is 40.8 cm³/mol. The third-order valence-electron chi connectivity index (χ3n) is 0.982. The molecular formula is C6H13NO2S. The highest BCUT2D eigenvalue weighted by molar-refractivity contribution is 8.13. The molecule has 0 amide bonds. The molecule has 0 fully saturated rings. The van der Waals surface area contributed by atoms with E-state index in [1.165, 1.54) is 0 Å². The van der Waals surface area contributed by atoms with Crippen LogP contribution in [0.4, 0.5) is 4.79 Å². The Bertz CT molecular complexity index is 119. The molecule has 0 unspecified atom stereocenters. The molecule has 0 bridgehead atoms. The second-order valence-corrected chi connectivity index (χ2v) is 4.14. The molecule has 0 atom stereocenters. The normalized spacial score (nSPS) is 11.5. The minimum atomic E-state index is -1.03. The van der Waals surface area contributed by atoms with Crippen LogP contribution in [0.2, 0.25) is 0 Å². The van der Waals surface area contributed by atoms with Crippen LogP contribution in [0.1, 0.15) is 0 Å². The van der Waals surface area contributed by atoms with E-state index >= 15 is 0 Å². The van der Waals surface area contributed by atoms with E-state index in [1.54, 1.807) is 0 Å². The maximum atomic E-state index is 9.93. The Morgan fingerprint density at radius 1 is 1.50 bits per heavy atom. The molecule has 0 aliphatic heterocycles. The van der Waals surface area contributed by atoms with Crippen molar-refractivity contribution in [2.45, 2.75) is 0 Å². The first-order valence-corrected chi connectivity index (χ1v) is 4.04. The predicted octanol–water partition coefficient (Wildman–Crippen LogP) is -0.231. The average molecular weight is 163 g/mol. The van der Waals surface area contributed by atoms with Crippen LogP contribution >= 0.6 is 11.8 Å². The van der Waals surface area contributed by atoms with Crippen molar-refractivity contribution in [2.24, 2.45) is 0 Å². The molecular weight excluding hydrogens is 150 g/mol. The van der Waals surface area contributed by atoms with Gasteiger partial charge in [-0.15, -0.1) is 11.8 Å². The third-order valence-corrected chi connectivity index (χ3v) is 1.60.